The van der Waals surface area contributed by atoms with E-state index < -0.39 is 12.1 Å². The summed E-state index contributed by atoms with van der Waals surface area (Å²) in [6.07, 6.45) is 64.5. The third-order valence-corrected chi connectivity index (χ3v) is 12.6. The Hall–Kier alpha value is -1.92. The Labute approximate surface area is 392 Å². The van der Waals surface area contributed by atoms with Crippen LogP contribution in [0.1, 0.15) is 290 Å². The van der Waals surface area contributed by atoms with E-state index in [2.05, 4.69) is 43.5 Å². The standard InChI is InChI=1S/C57H107NO5/c1-3-5-7-9-11-13-14-15-16-17-18-22-25-28-31-35-39-43-47-51-57(62)63-52-48-44-40-36-32-29-26-23-20-19-21-24-27-30-34-38-42-46-50-56(61)58-54(53-59)55(60)49-45-41-37-33-12-10-8-6-4-2/h15-16,21,24,45,49,54-55,59-60H,3-14,17-20,22-23,25-44,46-48,50-53H2,1-2H3,(H,58,61)/b16-15-,24-21-,49-45+. The van der Waals surface area contributed by atoms with Crippen LogP contribution in [0.4, 0.5) is 0 Å². The maximum atomic E-state index is 12.4. The molecule has 0 aliphatic rings. The number of aliphatic hydroxyl groups excluding tert-OH is 2. The average molecular weight is 886 g/mol. The largest absolute Gasteiger partial charge is 0.466 e. The number of nitrogens with one attached hydrogen (secondary N) is 1. The second-order valence-electron chi connectivity index (χ2n) is 18.9. The highest BCUT2D eigenvalue weighted by Crippen LogP contribution is 2.15. The molecule has 2 unspecified atom stereocenters. The molecular weight excluding hydrogens is 779 g/mol. The van der Waals surface area contributed by atoms with Crippen molar-refractivity contribution in [1.82, 2.24) is 5.32 Å². The van der Waals surface area contributed by atoms with Gasteiger partial charge in [0.05, 0.1) is 25.4 Å². The topological polar surface area (TPSA) is 95.9 Å². The van der Waals surface area contributed by atoms with E-state index in [4.69, 9.17) is 4.74 Å². The van der Waals surface area contributed by atoms with Gasteiger partial charge in [0, 0.05) is 12.8 Å². The Morgan fingerprint density at radius 1 is 0.429 bits per heavy atom. The Morgan fingerprint density at radius 2 is 0.746 bits per heavy atom. The molecule has 6 nitrogen and oxygen atoms in total. The third kappa shape index (κ3) is 49.4. The van der Waals surface area contributed by atoms with E-state index in [1.807, 2.05) is 6.08 Å². The molecule has 0 spiro atoms. The molecule has 370 valence electrons. The third-order valence-electron chi connectivity index (χ3n) is 12.6. The molecule has 6 heteroatoms. The van der Waals surface area contributed by atoms with Gasteiger partial charge in [0.25, 0.3) is 0 Å². The van der Waals surface area contributed by atoms with E-state index in [1.54, 1.807) is 6.08 Å². The lowest BCUT2D eigenvalue weighted by atomic mass is 10.1. The van der Waals surface area contributed by atoms with Gasteiger partial charge in [-0.2, -0.15) is 0 Å². The lowest BCUT2D eigenvalue weighted by molar-refractivity contribution is -0.143. The van der Waals surface area contributed by atoms with Gasteiger partial charge in [-0.1, -0.05) is 230 Å². The molecule has 0 aliphatic heterocycles. The zero-order chi connectivity index (χ0) is 45.8. The first-order valence-corrected chi connectivity index (χ1v) is 27.8. The van der Waals surface area contributed by atoms with Gasteiger partial charge in [-0.05, 0) is 83.5 Å². The summed E-state index contributed by atoms with van der Waals surface area (Å²) in [5, 5.41) is 22.9. The summed E-state index contributed by atoms with van der Waals surface area (Å²) >= 11 is 0. The minimum atomic E-state index is -0.851. The fraction of sp³-hybridized carbons (Fsp3) is 0.860. The summed E-state index contributed by atoms with van der Waals surface area (Å²) in [5.74, 6) is -0.0845. The Bertz CT molecular complexity index is 1020. The first kappa shape index (κ1) is 61.1. The van der Waals surface area contributed by atoms with E-state index >= 15 is 0 Å². The normalized spacial score (nSPS) is 12.9. The van der Waals surface area contributed by atoms with Crippen molar-refractivity contribution in [3.8, 4) is 0 Å². The first-order chi connectivity index (χ1) is 31.0. The summed E-state index contributed by atoms with van der Waals surface area (Å²) in [6, 6.07) is -0.636. The molecule has 0 bridgehead atoms. The van der Waals surface area contributed by atoms with E-state index in [0.29, 0.717) is 19.4 Å². The lowest BCUT2D eigenvalue weighted by Gasteiger charge is -2.20. The minimum absolute atomic E-state index is 0.00102. The summed E-state index contributed by atoms with van der Waals surface area (Å²) in [5.41, 5.74) is 0. The van der Waals surface area contributed by atoms with Crippen molar-refractivity contribution < 1.29 is 24.5 Å². The predicted octanol–water partition coefficient (Wildman–Crippen LogP) is 16.9. The van der Waals surface area contributed by atoms with E-state index in [9.17, 15) is 19.8 Å². The van der Waals surface area contributed by atoms with Gasteiger partial charge in [0.2, 0.25) is 5.91 Å². The number of hydrogen-bond donors (Lipinski definition) is 3. The van der Waals surface area contributed by atoms with Gasteiger partial charge < -0.3 is 20.3 Å². The van der Waals surface area contributed by atoms with Crippen LogP contribution in [0.5, 0.6) is 0 Å². The SMILES string of the molecule is CCCCCCCC/C=C\CCCCCCCCCCCC(=O)OCCCCCCCCCCC/C=C\CCCCCCCC(=O)NC(CO)C(O)/C=C/CCCCCCCCC. The van der Waals surface area contributed by atoms with Gasteiger partial charge in [-0.25, -0.2) is 0 Å². The van der Waals surface area contributed by atoms with Crippen molar-refractivity contribution in [2.75, 3.05) is 13.2 Å². The molecule has 0 fully saturated rings. The smallest absolute Gasteiger partial charge is 0.305 e. The van der Waals surface area contributed by atoms with E-state index in [1.165, 1.54) is 205 Å². The first-order valence-electron chi connectivity index (χ1n) is 27.8. The Morgan fingerprint density at radius 3 is 1.13 bits per heavy atom. The highest BCUT2D eigenvalue weighted by atomic mass is 16.5. The van der Waals surface area contributed by atoms with Crippen molar-refractivity contribution >= 4 is 11.9 Å². The summed E-state index contributed by atoms with van der Waals surface area (Å²) < 4.78 is 5.48. The number of carbonyl (C=O) groups is 2. The van der Waals surface area contributed by atoms with Gasteiger partial charge in [-0.15, -0.1) is 0 Å². The maximum absolute atomic E-state index is 12.4. The van der Waals surface area contributed by atoms with Crippen LogP contribution in [0.2, 0.25) is 0 Å². The second-order valence-corrected chi connectivity index (χ2v) is 18.9. The zero-order valence-corrected chi connectivity index (χ0v) is 42.1. The molecular formula is C57H107NO5. The number of ether oxygens (including phenoxy) is 1. The van der Waals surface area contributed by atoms with Crippen LogP contribution in [-0.2, 0) is 14.3 Å². The molecule has 2 atom stereocenters. The number of allylic oxidation sites excluding steroid dienone is 5. The van der Waals surface area contributed by atoms with E-state index in [-0.39, 0.29) is 18.5 Å². The molecule has 0 heterocycles. The second kappa shape index (κ2) is 52.7. The number of rotatable bonds is 51. The molecule has 63 heavy (non-hydrogen) atoms. The predicted molar refractivity (Wildman–Crippen MR) is 273 cm³/mol. The monoisotopic (exact) mass is 886 g/mol. The Balaban J connectivity index is 3.42. The minimum Gasteiger partial charge on any atom is -0.466 e. The van der Waals surface area contributed by atoms with Crippen molar-refractivity contribution in [3.05, 3.63) is 36.5 Å². The van der Waals surface area contributed by atoms with Crippen LogP contribution in [-0.4, -0.2) is 47.4 Å². The summed E-state index contributed by atoms with van der Waals surface area (Å²) in [6.45, 7) is 4.85. The van der Waals surface area contributed by atoms with Gasteiger partial charge in [0.15, 0.2) is 0 Å². The fourth-order valence-electron chi connectivity index (χ4n) is 8.33. The molecule has 0 saturated heterocycles. The van der Waals surface area contributed by atoms with Crippen molar-refractivity contribution in [3.63, 3.8) is 0 Å². The van der Waals surface area contributed by atoms with E-state index in [0.717, 1.165) is 57.8 Å². The van der Waals surface area contributed by atoms with Crippen LogP contribution in [0.25, 0.3) is 0 Å². The molecule has 0 radical (unpaired) electrons. The number of hydrogen-bond acceptors (Lipinski definition) is 5. The Kier molecular flexibility index (Phi) is 51.1. The van der Waals surface area contributed by atoms with Crippen LogP contribution in [0.15, 0.2) is 36.5 Å². The van der Waals surface area contributed by atoms with Crippen molar-refractivity contribution in [1.29, 1.82) is 0 Å². The summed E-state index contributed by atoms with van der Waals surface area (Å²) in [4.78, 5) is 24.4. The van der Waals surface area contributed by atoms with Crippen LogP contribution >= 0.6 is 0 Å². The molecule has 3 N–H and O–H groups in total. The number of amides is 1. The molecule has 0 saturated carbocycles. The highest BCUT2D eigenvalue weighted by molar-refractivity contribution is 5.76. The van der Waals surface area contributed by atoms with Gasteiger partial charge >= 0.3 is 5.97 Å². The quantitative estimate of drug-likeness (QED) is 0.0321. The molecule has 0 aromatic carbocycles. The van der Waals surface area contributed by atoms with Crippen LogP contribution in [0.3, 0.4) is 0 Å². The lowest BCUT2D eigenvalue weighted by Crippen LogP contribution is -2.45. The average Bonchev–Trinajstić information content (AvgIpc) is 3.28. The van der Waals surface area contributed by atoms with Crippen LogP contribution < -0.4 is 5.32 Å². The molecule has 0 rings (SSSR count). The number of aliphatic hydroxyl groups is 2. The number of unbranched alkanes of at least 4 members (excludes halogenated alkanes) is 36. The maximum Gasteiger partial charge on any atom is 0.305 e. The number of esters is 1. The molecule has 0 aliphatic carbocycles. The number of carbonyl (C=O) groups excluding carboxylic acids is 2. The molecule has 0 aromatic rings. The molecule has 1 amide bonds. The van der Waals surface area contributed by atoms with Gasteiger partial charge in [0.1, 0.15) is 0 Å². The summed E-state index contributed by atoms with van der Waals surface area (Å²) in [7, 11) is 0. The van der Waals surface area contributed by atoms with Crippen LogP contribution in [0, 0.1) is 0 Å². The highest BCUT2D eigenvalue weighted by Gasteiger charge is 2.18. The van der Waals surface area contributed by atoms with Gasteiger partial charge in [-0.3, -0.25) is 9.59 Å². The van der Waals surface area contributed by atoms with Crippen molar-refractivity contribution in [2.45, 2.75) is 302 Å². The molecule has 0 aromatic heterocycles. The fourth-order valence-corrected chi connectivity index (χ4v) is 8.33. The van der Waals surface area contributed by atoms with Crippen molar-refractivity contribution in [2.24, 2.45) is 0 Å². The zero-order valence-electron chi connectivity index (χ0n) is 42.1.